The van der Waals surface area contributed by atoms with Crippen LogP contribution in [0.2, 0.25) is 0 Å². The van der Waals surface area contributed by atoms with Gasteiger partial charge in [-0.05, 0) is 11.4 Å². The molecule has 1 aromatic heterocycles. The summed E-state index contributed by atoms with van der Waals surface area (Å²) in [7, 11) is 0. The summed E-state index contributed by atoms with van der Waals surface area (Å²) in [6, 6.07) is 4.64. The average Bonchev–Trinajstić information content (AvgIpc) is 2.74. The van der Waals surface area contributed by atoms with Crippen LogP contribution in [0, 0.1) is 0 Å². The first-order valence-corrected chi connectivity index (χ1v) is 5.85. The summed E-state index contributed by atoms with van der Waals surface area (Å²) in [4.78, 5) is 3.78. The first kappa shape index (κ1) is 10.1. The van der Waals surface area contributed by atoms with E-state index in [1.807, 2.05) is 0 Å². The third-order valence-electron chi connectivity index (χ3n) is 2.58. The number of hydrogen-bond acceptors (Lipinski definition) is 4. The number of thiophene rings is 1. The molecule has 2 N–H and O–H groups in total. The van der Waals surface area contributed by atoms with Crippen LogP contribution in [0.1, 0.15) is 10.9 Å². The van der Waals surface area contributed by atoms with Crippen molar-refractivity contribution in [2.75, 3.05) is 32.8 Å². The molecule has 1 aliphatic heterocycles. The van der Waals surface area contributed by atoms with Crippen molar-refractivity contribution in [3.63, 3.8) is 0 Å². The lowest BCUT2D eigenvalue weighted by atomic mass is 10.2. The second-order valence-electron chi connectivity index (χ2n) is 3.42. The largest absolute Gasteiger partial charge is 0.379 e. The molecule has 78 valence electrons. The van der Waals surface area contributed by atoms with E-state index >= 15 is 0 Å². The summed E-state index contributed by atoms with van der Waals surface area (Å²) in [5.74, 6) is 0. The monoisotopic (exact) mass is 212 g/mol. The van der Waals surface area contributed by atoms with Gasteiger partial charge in [-0.2, -0.15) is 0 Å². The van der Waals surface area contributed by atoms with Crippen molar-refractivity contribution in [3.8, 4) is 0 Å². The van der Waals surface area contributed by atoms with Crippen molar-refractivity contribution < 1.29 is 4.74 Å². The fourth-order valence-electron chi connectivity index (χ4n) is 1.82. The van der Waals surface area contributed by atoms with Gasteiger partial charge in [0.25, 0.3) is 0 Å². The SMILES string of the molecule is NC[C@H](c1cccs1)N1CCOCC1. The number of nitrogens with zero attached hydrogens (tertiary/aromatic N) is 1. The van der Waals surface area contributed by atoms with Crippen LogP contribution in [-0.4, -0.2) is 37.7 Å². The van der Waals surface area contributed by atoms with Crippen LogP contribution >= 0.6 is 11.3 Å². The molecular weight excluding hydrogens is 196 g/mol. The van der Waals surface area contributed by atoms with Gasteiger partial charge < -0.3 is 10.5 Å². The normalized spacial score (nSPS) is 20.9. The molecule has 2 heterocycles. The molecule has 3 nitrogen and oxygen atoms in total. The van der Waals surface area contributed by atoms with Gasteiger partial charge in [0.1, 0.15) is 0 Å². The summed E-state index contributed by atoms with van der Waals surface area (Å²) in [6.07, 6.45) is 0. The summed E-state index contributed by atoms with van der Waals surface area (Å²) >= 11 is 1.79. The Morgan fingerprint density at radius 3 is 2.86 bits per heavy atom. The van der Waals surface area contributed by atoms with Crippen molar-refractivity contribution >= 4 is 11.3 Å². The zero-order valence-corrected chi connectivity index (χ0v) is 9.00. The molecule has 0 spiro atoms. The molecule has 0 radical (unpaired) electrons. The van der Waals surface area contributed by atoms with Crippen molar-refractivity contribution in [1.82, 2.24) is 4.90 Å². The molecule has 1 saturated heterocycles. The second-order valence-corrected chi connectivity index (χ2v) is 4.39. The molecule has 0 saturated carbocycles. The molecule has 0 unspecified atom stereocenters. The standard InChI is InChI=1S/C10H16N2OS/c11-8-9(10-2-1-7-14-10)12-3-5-13-6-4-12/h1-2,7,9H,3-6,8,11H2/t9-/m1/s1. The Morgan fingerprint density at radius 1 is 1.50 bits per heavy atom. The van der Waals surface area contributed by atoms with Crippen LogP contribution in [0.5, 0.6) is 0 Å². The van der Waals surface area contributed by atoms with E-state index in [9.17, 15) is 0 Å². The number of nitrogens with two attached hydrogens (primary N) is 1. The van der Waals surface area contributed by atoms with Crippen LogP contribution in [0.4, 0.5) is 0 Å². The highest BCUT2D eigenvalue weighted by molar-refractivity contribution is 7.10. The molecule has 2 rings (SSSR count). The van der Waals surface area contributed by atoms with Gasteiger partial charge in [-0.25, -0.2) is 0 Å². The van der Waals surface area contributed by atoms with Gasteiger partial charge in [-0.15, -0.1) is 11.3 Å². The van der Waals surface area contributed by atoms with Crippen LogP contribution in [0.15, 0.2) is 17.5 Å². The van der Waals surface area contributed by atoms with Gasteiger partial charge in [0, 0.05) is 24.5 Å². The molecule has 1 aromatic rings. The predicted octanol–water partition coefficient (Wildman–Crippen LogP) is 1.08. The first-order valence-electron chi connectivity index (χ1n) is 4.97. The van der Waals surface area contributed by atoms with Gasteiger partial charge in [-0.3, -0.25) is 4.90 Å². The topological polar surface area (TPSA) is 38.5 Å². The zero-order valence-electron chi connectivity index (χ0n) is 8.19. The molecular formula is C10H16N2OS. The third kappa shape index (κ3) is 2.15. The maximum absolute atomic E-state index is 5.82. The van der Waals surface area contributed by atoms with Gasteiger partial charge >= 0.3 is 0 Å². The molecule has 1 fully saturated rings. The number of morpholine rings is 1. The van der Waals surface area contributed by atoms with E-state index in [0.29, 0.717) is 12.6 Å². The molecule has 0 amide bonds. The van der Waals surface area contributed by atoms with Gasteiger partial charge in [0.2, 0.25) is 0 Å². The Labute approximate surface area is 88.5 Å². The van der Waals surface area contributed by atoms with Gasteiger partial charge in [-0.1, -0.05) is 6.07 Å². The molecule has 1 atom stereocenters. The average molecular weight is 212 g/mol. The van der Waals surface area contributed by atoms with Crippen LogP contribution in [0.25, 0.3) is 0 Å². The molecule has 1 aliphatic rings. The smallest absolute Gasteiger partial charge is 0.0594 e. The van der Waals surface area contributed by atoms with E-state index in [1.54, 1.807) is 11.3 Å². The van der Waals surface area contributed by atoms with Crippen molar-refractivity contribution in [2.45, 2.75) is 6.04 Å². The summed E-state index contributed by atoms with van der Waals surface area (Å²) in [6.45, 7) is 4.36. The number of ether oxygens (including phenoxy) is 1. The molecule has 0 aliphatic carbocycles. The van der Waals surface area contributed by atoms with Crippen LogP contribution in [-0.2, 0) is 4.74 Å². The Morgan fingerprint density at radius 2 is 2.29 bits per heavy atom. The summed E-state index contributed by atoms with van der Waals surface area (Å²) < 4.78 is 5.33. The van der Waals surface area contributed by atoms with Crippen molar-refractivity contribution in [2.24, 2.45) is 5.73 Å². The lowest BCUT2D eigenvalue weighted by Gasteiger charge is -2.33. The van der Waals surface area contributed by atoms with E-state index in [0.717, 1.165) is 26.3 Å². The van der Waals surface area contributed by atoms with Crippen LogP contribution in [0.3, 0.4) is 0 Å². The van der Waals surface area contributed by atoms with E-state index in [-0.39, 0.29) is 0 Å². The summed E-state index contributed by atoms with van der Waals surface area (Å²) in [5, 5.41) is 2.11. The van der Waals surface area contributed by atoms with Crippen LogP contribution < -0.4 is 5.73 Å². The number of hydrogen-bond donors (Lipinski definition) is 1. The Bertz CT molecular complexity index is 257. The minimum absolute atomic E-state index is 0.388. The van der Waals surface area contributed by atoms with Crippen molar-refractivity contribution in [3.05, 3.63) is 22.4 Å². The fourth-order valence-corrected chi connectivity index (χ4v) is 2.69. The van der Waals surface area contributed by atoms with Crippen molar-refractivity contribution in [1.29, 1.82) is 0 Å². The molecule has 14 heavy (non-hydrogen) atoms. The molecule has 0 aromatic carbocycles. The van der Waals surface area contributed by atoms with E-state index in [2.05, 4.69) is 22.4 Å². The van der Waals surface area contributed by atoms with Gasteiger partial charge in [0.05, 0.1) is 19.3 Å². The predicted molar refractivity (Wildman–Crippen MR) is 58.5 cm³/mol. The maximum atomic E-state index is 5.82. The first-order chi connectivity index (χ1) is 6.92. The Kier molecular flexibility index (Phi) is 3.53. The zero-order chi connectivity index (χ0) is 9.80. The van der Waals surface area contributed by atoms with E-state index in [4.69, 9.17) is 10.5 Å². The lowest BCUT2D eigenvalue weighted by molar-refractivity contribution is 0.0186. The maximum Gasteiger partial charge on any atom is 0.0594 e. The molecule has 4 heteroatoms. The number of rotatable bonds is 3. The van der Waals surface area contributed by atoms with E-state index in [1.165, 1.54) is 4.88 Å². The Balaban J connectivity index is 2.04. The van der Waals surface area contributed by atoms with E-state index < -0.39 is 0 Å². The second kappa shape index (κ2) is 4.89. The minimum Gasteiger partial charge on any atom is -0.379 e. The highest BCUT2D eigenvalue weighted by Gasteiger charge is 2.21. The lowest BCUT2D eigenvalue weighted by Crippen LogP contribution is -2.41. The highest BCUT2D eigenvalue weighted by Crippen LogP contribution is 2.24. The highest BCUT2D eigenvalue weighted by atomic mass is 32.1. The third-order valence-corrected chi connectivity index (χ3v) is 3.55. The minimum atomic E-state index is 0.388. The quantitative estimate of drug-likeness (QED) is 0.815. The summed E-state index contributed by atoms with van der Waals surface area (Å²) in [5.41, 5.74) is 5.82. The fraction of sp³-hybridized carbons (Fsp3) is 0.600. The van der Waals surface area contributed by atoms with Gasteiger partial charge in [0.15, 0.2) is 0 Å². The molecule has 0 bridgehead atoms. The Hall–Kier alpha value is -0.420.